The summed E-state index contributed by atoms with van der Waals surface area (Å²) in [5, 5.41) is 7.77. The van der Waals surface area contributed by atoms with Gasteiger partial charge in [-0.3, -0.25) is 9.79 Å². The number of carbonyl (C=O) groups excluding carboxylic acids is 1. The standard InChI is InChI=1S/C25H23F3N4O4/c1-24-8-7-16(36-24)14-10-32(11-15(14)24)23(33)21-18(9-29)35-22(31-21)13-3-5-17(34-2)20-12(13)4-6-19(30-20)25(26,27)28/h3,5,9,12,14-16,20,29H,7-8,10-11H2,1-2H3/t12?,14?,15-,16?,20?,24?/m1/s1. The lowest BCUT2D eigenvalue weighted by molar-refractivity contribution is -0.0577. The van der Waals surface area contributed by atoms with Gasteiger partial charge in [0.1, 0.15) is 11.8 Å². The Bertz CT molecular complexity index is 1320. The van der Waals surface area contributed by atoms with E-state index in [0.29, 0.717) is 18.7 Å². The van der Waals surface area contributed by atoms with Crippen LogP contribution in [-0.2, 0) is 9.47 Å². The monoisotopic (exact) mass is 500 g/mol. The molecule has 6 atom stereocenters. The SMILES string of the molecule is COC1=CC=C(c2nc(C(=O)N3CC4C5CCC(C)(O5)[C@@H]4C3)c(C=N)o2)C2C#CC(C(F)(F)F)=NC12. The van der Waals surface area contributed by atoms with Crippen LogP contribution in [0, 0.1) is 35.0 Å². The highest BCUT2D eigenvalue weighted by Crippen LogP contribution is 2.54. The van der Waals surface area contributed by atoms with Gasteiger partial charge in [-0.1, -0.05) is 5.92 Å². The van der Waals surface area contributed by atoms with Crippen LogP contribution in [0.15, 0.2) is 27.3 Å². The number of ether oxygens (including phenoxy) is 2. The van der Waals surface area contributed by atoms with Gasteiger partial charge in [-0.05, 0) is 37.8 Å². The number of alkyl halides is 3. The Morgan fingerprint density at radius 3 is 2.86 bits per heavy atom. The van der Waals surface area contributed by atoms with Crippen molar-refractivity contribution in [1.29, 1.82) is 5.41 Å². The molecule has 0 saturated carbocycles. The van der Waals surface area contributed by atoms with Crippen LogP contribution >= 0.6 is 0 Å². The maximum absolute atomic E-state index is 13.5. The molecular formula is C25H23F3N4O4. The number of fused-ring (bicyclic) bond motifs is 6. The Morgan fingerprint density at radius 1 is 1.36 bits per heavy atom. The van der Waals surface area contributed by atoms with Crippen LogP contribution in [0.4, 0.5) is 13.2 Å². The molecule has 5 aliphatic rings. The average molecular weight is 500 g/mol. The molecule has 1 aromatic rings. The fourth-order valence-electron chi connectivity index (χ4n) is 6.20. The van der Waals surface area contributed by atoms with Crippen molar-refractivity contribution in [2.24, 2.45) is 22.7 Å². The molecule has 188 valence electrons. The van der Waals surface area contributed by atoms with Gasteiger partial charge < -0.3 is 24.2 Å². The molecule has 1 aliphatic carbocycles. The molecule has 11 heteroatoms. The third kappa shape index (κ3) is 3.34. The van der Waals surface area contributed by atoms with E-state index in [-0.39, 0.29) is 52.6 Å². The highest BCUT2D eigenvalue weighted by molar-refractivity contribution is 6.06. The number of nitrogens with one attached hydrogen (secondary N) is 1. The maximum atomic E-state index is 13.5. The second-order valence-corrected chi connectivity index (χ2v) is 9.93. The number of oxazole rings is 1. The summed E-state index contributed by atoms with van der Waals surface area (Å²) in [6.07, 6.45) is 1.45. The summed E-state index contributed by atoms with van der Waals surface area (Å²) in [6.45, 7) is 3.20. The number of nitrogens with zero attached hydrogens (tertiary/aromatic N) is 3. The largest absolute Gasteiger partial charge is 0.499 e. The Balaban J connectivity index is 1.30. The zero-order valence-electron chi connectivity index (χ0n) is 19.6. The first-order chi connectivity index (χ1) is 17.1. The van der Waals surface area contributed by atoms with E-state index in [1.165, 1.54) is 13.2 Å². The van der Waals surface area contributed by atoms with E-state index in [1.54, 1.807) is 11.0 Å². The molecule has 4 aliphatic heterocycles. The van der Waals surface area contributed by atoms with Crippen LogP contribution in [0.5, 0.6) is 0 Å². The zero-order valence-corrected chi connectivity index (χ0v) is 19.6. The topological polar surface area (TPSA) is 101 Å². The maximum Gasteiger partial charge on any atom is 0.441 e. The predicted molar refractivity (Wildman–Crippen MR) is 121 cm³/mol. The molecule has 0 spiro atoms. The van der Waals surface area contributed by atoms with Crippen molar-refractivity contribution in [3.05, 3.63) is 35.3 Å². The fraction of sp³-hybridized carbons (Fsp3) is 0.520. The molecule has 1 aromatic heterocycles. The first-order valence-electron chi connectivity index (χ1n) is 11.7. The van der Waals surface area contributed by atoms with Crippen molar-refractivity contribution in [3.63, 3.8) is 0 Å². The molecule has 3 fully saturated rings. The molecule has 8 nitrogen and oxygen atoms in total. The highest BCUT2D eigenvalue weighted by Gasteiger charge is 2.60. The number of halogens is 3. The third-order valence-corrected chi connectivity index (χ3v) is 7.98. The normalized spacial score (nSPS) is 34.2. The van der Waals surface area contributed by atoms with Gasteiger partial charge in [0, 0.05) is 30.5 Å². The number of rotatable bonds is 4. The molecule has 5 unspecified atom stereocenters. The Morgan fingerprint density at radius 2 is 2.17 bits per heavy atom. The number of methoxy groups -OCH3 is 1. The zero-order chi connectivity index (χ0) is 25.4. The van der Waals surface area contributed by atoms with Gasteiger partial charge in [-0.25, -0.2) is 4.98 Å². The first kappa shape index (κ1) is 23.0. The number of aromatic nitrogens is 1. The molecule has 0 aromatic carbocycles. The van der Waals surface area contributed by atoms with Crippen molar-refractivity contribution < 1.29 is 31.9 Å². The fourth-order valence-corrected chi connectivity index (χ4v) is 6.20. The summed E-state index contributed by atoms with van der Waals surface area (Å²) in [6, 6.07) is -1.03. The summed E-state index contributed by atoms with van der Waals surface area (Å²) in [4.78, 5) is 23.4. The minimum absolute atomic E-state index is 0.000565. The molecule has 6 rings (SSSR count). The summed E-state index contributed by atoms with van der Waals surface area (Å²) in [7, 11) is 1.35. The van der Waals surface area contributed by atoms with E-state index in [1.807, 2.05) is 0 Å². The minimum atomic E-state index is -4.68. The van der Waals surface area contributed by atoms with Crippen LogP contribution in [-0.4, -0.2) is 71.8 Å². The van der Waals surface area contributed by atoms with Gasteiger partial charge in [0.05, 0.1) is 30.9 Å². The van der Waals surface area contributed by atoms with Crippen LogP contribution in [0.1, 0.15) is 41.9 Å². The van der Waals surface area contributed by atoms with Crippen LogP contribution < -0.4 is 0 Å². The van der Waals surface area contributed by atoms with E-state index in [0.717, 1.165) is 19.1 Å². The molecule has 1 amide bonds. The lowest BCUT2D eigenvalue weighted by atomic mass is 9.75. The summed E-state index contributed by atoms with van der Waals surface area (Å²) < 4.78 is 56.9. The van der Waals surface area contributed by atoms with Gasteiger partial charge in [-0.2, -0.15) is 13.2 Å². The smallest absolute Gasteiger partial charge is 0.441 e. The first-order valence-corrected chi connectivity index (χ1v) is 11.7. The molecule has 2 bridgehead atoms. The second kappa shape index (κ2) is 7.80. The van der Waals surface area contributed by atoms with Gasteiger partial charge in [-0.15, -0.1) is 0 Å². The van der Waals surface area contributed by atoms with Crippen molar-refractivity contribution >= 4 is 23.4 Å². The number of allylic oxidation sites excluding steroid dienone is 2. The number of amides is 1. The van der Waals surface area contributed by atoms with E-state index in [9.17, 15) is 18.0 Å². The Kier molecular flexibility index (Phi) is 4.99. The lowest BCUT2D eigenvalue weighted by Gasteiger charge is -2.28. The van der Waals surface area contributed by atoms with E-state index >= 15 is 0 Å². The molecule has 5 heterocycles. The lowest BCUT2D eigenvalue weighted by Crippen LogP contribution is -2.36. The van der Waals surface area contributed by atoms with Crippen molar-refractivity contribution in [3.8, 4) is 11.8 Å². The number of aliphatic imine (C=N–C) groups is 1. The van der Waals surface area contributed by atoms with Crippen molar-refractivity contribution in [2.75, 3.05) is 20.2 Å². The summed E-state index contributed by atoms with van der Waals surface area (Å²) in [5.41, 5.74) is -1.02. The highest BCUT2D eigenvalue weighted by atomic mass is 19.4. The number of likely N-dealkylation sites (tertiary alicyclic amines) is 1. The van der Waals surface area contributed by atoms with Crippen molar-refractivity contribution in [2.45, 2.75) is 43.7 Å². The van der Waals surface area contributed by atoms with Gasteiger partial charge in [0.2, 0.25) is 5.89 Å². The van der Waals surface area contributed by atoms with Crippen LogP contribution in [0.3, 0.4) is 0 Å². The van der Waals surface area contributed by atoms with Gasteiger partial charge >= 0.3 is 6.18 Å². The number of hydrogen-bond acceptors (Lipinski definition) is 7. The quantitative estimate of drug-likeness (QED) is 0.505. The molecule has 3 saturated heterocycles. The van der Waals surface area contributed by atoms with Crippen LogP contribution in [0.2, 0.25) is 0 Å². The van der Waals surface area contributed by atoms with E-state index in [4.69, 9.17) is 19.3 Å². The average Bonchev–Trinajstić information content (AvgIpc) is 3.62. The number of hydrogen-bond donors (Lipinski definition) is 1. The van der Waals surface area contributed by atoms with Gasteiger partial charge in [0.25, 0.3) is 5.91 Å². The minimum Gasteiger partial charge on any atom is -0.499 e. The predicted octanol–water partition coefficient (Wildman–Crippen LogP) is 3.24. The summed E-state index contributed by atoms with van der Waals surface area (Å²) in [5.74, 6) is 4.33. The van der Waals surface area contributed by atoms with Gasteiger partial charge in [0.15, 0.2) is 17.2 Å². The molecule has 36 heavy (non-hydrogen) atoms. The third-order valence-electron chi connectivity index (χ3n) is 7.98. The van der Waals surface area contributed by atoms with E-state index in [2.05, 4.69) is 28.7 Å². The van der Waals surface area contributed by atoms with Crippen molar-refractivity contribution in [1.82, 2.24) is 9.88 Å². The molecular weight excluding hydrogens is 477 g/mol. The molecule has 0 radical (unpaired) electrons. The van der Waals surface area contributed by atoms with Crippen LogP contribution in [0.25, 0.3) is 5.57 Å². The van der Waals surface area contributed by atoms with E-state index < -0.39 is 23.8 Å². The summed E-state index contributed by atoms with van der Waals surface area (Å²) >= 11 is 0. The Labute approximate surface area is 204 Å². The number of carbonyl (C=O) groups is 1. The Hall–Kier alpha value is -3.39. The molecule has 1 N–H and O–H groups in total. The second-order valence-electron chi connectivity index (χ2n) is 9.93.